The van der Waals surface area contributed by atoms with E-state index in [2.05, 4.69) is 12.2 Å². The molecule has 2 N–H and O–H groups in total. The first-order valence-electron chi connectivity index (χ1n) is 8.48. The Morgan fingerprint density at radius 2 is 1.76 bits per heavy atom. The Balaban J connectivity index is 2.36. The molecule has 0 bridgehead atoms. The maximum Gasteiger partial charge on any atom is 0.326 e. The summed E-state index contributed by atoms with van der Waals surface area (Å²) in [6.45, 7) is 5.86. The van der Waals surface area contributed by atoms with Crippen molar-refractivity contribution in [2.45, 2.75) is 78.2 Å². The number of carboxylic acids is 1. The molecule has 0 aromatic heterocycles. The zero-order valence-corrected chi connectivity index (χ0v) is 13.7. The molecule has 1 aliphatic rings. The van der Waals surface area contributed by atoms with Crippen LogP contribution in [0.3, 0.4) is 0 Å². The van der Waals surface area contributed by atoms with Crippen molar-refractivity contribution in [1.29, 1.82) is 0 Å². The van der Waals surface area contributed by atoms with Gasteiger partial charge in [0.05, 0.1) is 0 Å². The Morgan fingerprint density at radius 3 is 2.24 bits per heavy atom. The fourth-order valence-electron chi connectivity index (χ4n) is 3.18. The van der Waals surface area contributed by atoms with E-state index in [1.807, 2.05) is 13.8 Å². The number of nitrogens with one attached hydrogen (secondary N) is 1. The Morgan fingerprint density at radius 1 is 1.14 bits per heavy atom. The predicted molar refractivity (Wildman–Crippen MR) is 84.0 cm³/mol. The maximum absolute atomic E-state index is 12.2. The van der Waals surface area contributed by atoms with E-state index in [1.54, 1.807) is 0 Å². The van der Waals surface area contributed by atoms with E-state index in [1.165, 1.54) is 25.7 Å². The lowest BCUT2D eigenvalue weighted by Crippen LogP contribution is -2.47. The predicted octanol–water partition coefficient (Wildman–Crippen LogP) is 3.60. The van der Waals surface area contributed by atoms with Crippen molar-refractivity contribution < 1.29 is 14.7 Å². The van der Waals surface area contributed by atoms with Crippen molar-refractivity contribution in [3.63, 3.8) is 0 Å². The molecule has 0 aromatic rings. The highest BCUT2D eigenvalue weighted by molar-refractivity contribution is 5.85. The van der Waals surface area contributed by atoms with Crippen molar-refractivity contribution >= 4 is 11.9 Å². The van der Waals surface area contributed by atoms with Gasteiger partial charge in [-0.05, 0) is 37.5 Å². The van der Waals surface area contributed by atoms with Crippen LogP contribution in [-0.4, -0.2) is 23.0 Å². The van der Waals surface area contributed by atoms with Crippen LogP contribution in [0, 0.1) is 17.8 Å². The standard InChI is InChI=1S/C17H31NO3/c1-4-5-6-7-13-8-10-14(11-9-13)16(19)18-15(12(2)3)17(20)21/h12-15H,4-11H2,1-3H3,(H,18,19)(H,20,21). The minimum absolute atomic E-state index is 0.00743. The molecule has 1 fully saturated rings. The molecular weight excluding hydrogens is 266 g/mol. The zero-order valence-electron chi connectivity index (χ0n) is 13.7. The number of unbranched alkanes of at least 4 members (excludes halogenated alkanes) is 2. The number of carboxylic acid groups (broad SMARTS) is 1. The van der Waals surface area contributed by atoms with Crippen LogP contribution >= 0.6 is 0 Å². The summed E-state index contributed by atoms with van der Waals surface area (Å²) in [6, 6.07) is -0.764. The van der Waals surface area contributed by atoms with E-state index in [9.17, 15) is 9.59 Å². The molecule has 4 heteroatoms. The van der Waals surface area contributed by atoms with Crippen LogP contribution in [0.2, 0.25) is 0 Å². The Kier molecular flexibility index (Phi) is 7.76. The van der Waals surface area contributed by atoms with Crippen molar-refractivity contribution in [3.05, 3.63) is 0 Å². The van der Waals surface area contributed by atoms with Gasteiger partial charge in [-0.15, -0.1) is 0 Å². The van der Waals surface area contributed by atoms with Gasteiger partial charge in [0, 0.05) is 5.92 Å². The van der Waals surface area contributed by atoms with E-state index in [-0.39, 0.29) is 17.7 Å². The van der Waals surface area contributed by atoms with Gasteiger partial charge in [0.15, 0.2) is 0 Å². The molecule has 0 radical (unpaired) electrons. The van der Waals surface area contributed by atoms with Crippen LogP contribution in [0.5, 0.6) is 0 Å². The summed E-state index contributed by atoms with van der Waals surface area (Å²) in [4.78, 5) is 23.4. The number of aliphatic carboxylic acids is 1. The molecule has 21 heavy (non-hydrogen) atoms. The highest BCUT2D eigenvalue weighted by atomic mass is 16.4. The largest absolute Gasteiger partial charge is 0.480 e. The fraction of sp³-hybridized carbons (Fsp3) is 0.882. The average Bonchev–Trinajstić information content (AvgIpc) is 2.44. The van der Waals surface area contributed by atoms with Gasteiger partial charge in [0.1, 0.15) is 6.04 Å². The summed E-state index contributed by atoms with van der Waals surface area (Å²) in [5.74, 6) is -0.319. The summed E-state index contributed by atoms with van der Waals surface area (Å²) in [5.41, 5.74) is 0. The van der Waals surface area contributed by atoms with Gasteiger partial charge in [-0.25, -0.2) is 4.79 Å². The minimum atomic E-state index is -0.938. The lowest BCUT2D eigenvalue weighted by atomic mass is 9.79. The molecule has 1 amide bonds. The van der Waals surface area contributed by atoms with Crippen molar-refractivity contribution in [2.75, 3.05) is 0 Å². The summed E-state index contributed by atoms with van der Waals surface area (Å²) < 4.78 is 0. The van der Waals surface area contributed by atoms with Gasteiger partial charge in [-0.2, -0.15) is 0 Å². The van der Waals surface area contributed by atoms with Gasteiger partial charge in [0.2, 0.25) is 5.91 Å². The Bertz CT molecular complexity index is 333. The van der Waals surface area contributed by atoms with Gasteiger partial charge in [-0.1, -0.05) is 46.5 Å². The zero-order chi connectivity index (χ0) is 15.8. The second kappa shape index (κ2) is 9.06. The molecule has 0 aliphatic heterocycles. The molecule has 1 rings (SSSR count). The second-order valence-corrected chi connectivity index (χ2v) is 6.78. The van der Waals surface area contributed by atoms with E-state index in [4.69, 9.17) is 5.11 Å². The number of amides is 1. The lowest BCUT2D eigenvalue weighted by Gasteiger charge is -2.29. The summed E-state index contributed by atoms with van der Waals surface area (Å²) in [7, 11) is 0. The third-order valence-corrected chi connectivity index (χ3v) is 4.66. The van der Waals surface area contributed by atoms with Gasteiger partial charge < -0.3 is 10.4 Å². The average molecular weight is 297 g/mol. The molecule has 1 atom stereocenters. The molecule has 0 heterocycles. The van der Waals surface area contributed by atoms with E-state index < -0.39 is 12.0 Å². The topological polar surface area (TPSA) is 66.4 Å². The number of hydrogen-bond acceptors (Lipinski definition) is 2. The van der Waals surface area contributed by atoms with Crippen molar-refractivity contribution in [1.82, 2.24) is 5.32 Å². The first-order valence-corrected chi connectivity index (χ1v) is 8.48. The van der Waals surface area contributed by atoms with E-state index >= 15 is 0 Å². The Labute approximate surface area is 128 Å². The molecule has 1 aliphatic carbocycles. The van der Waals surface area contributed by atoms with Crippen LogP contribution in [0.25, 0.3) is 0 Å². The number of carbonyl (C=O) groups excluding carboxylic acids is 1. The molecule has 0 saturated heterocycles. The summed E-state index contributed by atoms with van der Waals surface area (Å²) in [5, 5.41) is 11.9. The molecule has 0 spiro atoms. The maximum atomic E-state index is 12.2. The van der Waals surface area contributed by atoms with Crippen LogP contribution in [0.1, 0.15) is 72.1 Å². The van der Waals surface area contributed by atoms with E-state index in [0.29, 0.717) is 0 Å². The molecule has 4 nitrogen and oxygen atoms in total. The van der Waals surface area contributed by atoms with E-state index in [0.717, 1.165) is 31.6 Å². The second-order valence-electron chi connectivity index (χ2n) is 6.78. The normalized spacial score (nSPS) is 23.8. The summed E-state index contributed by atoms with van der Waals surface area (Å²) >= 11 is 0. The quantitative estimate of drug-likeness (QED) is 0.673. The highest BCUT2D eigenvalue weighted by Gasteiger charge is 2.30. The van der Waals surface area contributed by atoms with Gasteiger partial charge in [0.25, 0.3) is 0 Å². The third-order valence-electron chi connectivity index (χ3n) is 4.66. The molecular formula is C17H31NO3. The van der Waals surface area contributed by atoms with Crippen LogP contribution in [0.15, 0.2) is 0 Å². The van der Waals surface area contributed by atoms with Gasteiger partial charge >= 0.3 is 5.97 Å². The first kappa shape index (κ1) is 18.0. The van der Waals surface area contributed by atoms with Crippen LogP contribution in [-0.2, 0) is 9.59 Å². The molecule has 1 unspecified atom stereocenters. The monoisotopic (exact) mass is 297 g/mol. The molecule has 122 valence electrons. The number of carbonyl (C=O) groups is 2. The van der Waals surface area contributed by atoms with Crippen LogP contribution in [0.4, 0.5) is 0 Å². The lowest BCUT2D eigenvalue weighted by molar-refractivity contribution is -0.144. The molecule has 1 saturated carbocycles. The smallest absolute Gasteiger partial charge is 0.326 e. The summed E-state index contributed by atoms with van der Waals surface area (Å²) in [6.07, 6.45) is 9.18. The fourth-order valence-corrected chi connectivity index (χ4v) is 3.18. The third kappa shape index (κ3) is 6.06. The molecule has 0 aromatic carbocycles. The van der Waals surface area contributed by atoms with Crippen LogP contribution < -0.4 is 5.32 Å². The Hall–Kier alpha value is -1.06. The van der Waals surface area contributed by atoms with Crippen molar-refractivity contribution in [2.24, 2.45) is 17.8 Å². The van der Waals surface area contributed by atoms with Crippen molar-refractivity contribution in [3.8, 4) is 0 Å². The minimum Gasteiger partial charge on any atom is -0.480 e. The number of rotatable bonds is 8. The number of hydrogen-bond donors (Lipinski definition) is 2. The SMILES string of the molecule is CCCCCC1CCC(C(=O)NC(C(=O)O)C(C)C)CC1. The first-order chi connectivity index (χ1) is 9.95. The highest BCUT2D eigenvalue weighted by Crippen LogP contribution is 2.32. The van der Waals surface area contributed by atoms with Gasteiger partial charge in [-0.3, -0.25) is 4.79 Å².